The summed E-state index contributed by atoms with van der Waals surface area (Å²) in [5, 5.41) is 6.22. The van der Waals surface area contributed by atoms with Gasteiger partial charge < -0.3 is 10.6 Å². The molecular formula is C15H24N2O. The summed E-state index contributed by atoms with van der Waals surface area (Å²) in [5.74, 6) is 0.513. The molecule has 1 rings (SSSR count). The van der Waals surface area contributed by atoms with Gasteiger partial charge in [0.05, 0.1) is 6.54 Å². The quantitative estimate of drug-likeness (QED) is 0.812. The van der Waals surface area contributed by atoms with Gasteiger partial charge >= 0.3 is 0 Å². The van der Waals surface area contributed by atoms with E-state index < -0.39 is 0 Å². The maximum atomic E-state index is 11.7. The van der Waals surface area contributed by atoms with Gasteiger partial charge in [0.1, 0.15) is 0 Å². The molecule has 100 valence electrons. The average molecular weight is 248 g/mol. The summed E-state index contributed by atoms with van der Waals surface area (Å²) in [6.07, 6.45) is 0. The summed E-state index contributed by atoms with van der Waals surface area (Å²) in [7, 11) is 0. The fourth-order valence-corrected chi connectivity index (χ4v) is 1.58. The maximum Gasteiger partial charge on any atom is 0.234 e. The summed E-state index contributed by atoms with van der Waals surface area (Å²) in [6.45, 7) is 8.65. The minimum absolute atomic E-state index is 0.0546. The molecule has 18 heavy (non-hydrogen) atoms. The molecule has 0 spiro atoms. The van der Waals surface area contributed by atoms with Crippen LogP contribution >= 0.6 is 0 Å². The number of carbonyl (C=O) groups is 1. The lowest BCUT2D eigenvalue weighted by molar-refractivity contribution is -0.121. The van der Waals surface area contributed by atoms with E-state index in [9.17, 15) is 4.79 Å². The molecule has 0 aliphatic heterocycles. The van der Waals surface area contributed by atoms with Crippen LogP contribution in [0.3, 0.4) is 0 Å². The van der Waals surface area contributed by atoms with Gasteiger partial charge in [-0.1, -0.05) is 44.2 Å². The summed E-state index contributed by atoms with van der Waals surface area (Å²) in [6, 6.07) is 10.5. The number of carbonyl (C=O) groups excluding carboxylic acids is 1. The highest BCUT2D eigenvalue weighted by Gasteiger charge is 2.11. The van der Waals surface area contributed by atoms with Gasteiger partial charge in [-0.3, -0.25) is 4.79 Å². The Kier molecular flexibility index (Phi) is 5.86. The third-order valence-electron chi connectivity index (χ3n) is 3.26. The first-order chi connectivity index (χ1) is 8.50. The zero-order chi connectivity index (χ0) is 13.5. The molecule has 0 aromatic heterocycles. The van der Waals surface area contributed by atoms with E-state index in [1.54, 1.807) is 0 Å². The molecule has 1 aromatic rings. The highest BCUT2D eigenvalue weighted by Crippen LogP contribution is 2.10. The van der Waals surface area contributed by atoms with Crippen LogP contribution in [0.4, 0.5) is 0 Å². The molecule has 1 aromatic carbocycles. The van der Waals surface area contributed by atoms with E-state index in [1.807, 2.05) is 25.1 Å². The third-order valence-corrected chi connectivity index (χ3v) is 3.26. The van der Waals surface area contributed by atoms with Crippen LogP contribution in [0.25, 0.3) is 0 Å². The molecule has 2 atom stereocenters. The van der Waals surface area contributed by atoms with Crippen LogP contribution in [-0.4, -0.2) is 18.5 Å². The molecule has 0 bridgehead atoms. The fourth-order valence-electron chi connectivity index (χ4n) is 1.58. The summed E-state index contributed by atoms with van der Waals surface area (Å²) in [4.78, 5) is 11.7. The van der Waals surface area contributed by atoms with Crippen molar-refractivity contribution in [3.8, 4) is 0 Å². The predicted octanol–water partition coefficient (Wildman–Crippen LogP) is 2.50. The summed E-state index contributed by atoms with van der Waals surface area (Å²) >= 11 is 0. The van der Waals surface area contributed by atoms with Crippen molar-refractivity contribution in [2.75, 3.05) is 6.54 Å². The fraction of sp³-hybridized carbons (Fsp3) is 0.533. The average Bonchev–Trinajstić information content (AvgIpc) is 2.36. The van der Waals surface area contributed by atoms with E-state index in [4.69, 9.17) is 0 Å². The number of hydrogen-bond donors (Lipinski definition) is 2. The van der Waals surface area contributed by atoms with E-state index >= 15 is 0 Å². The molecule has 0 radical (unpaired) electrons. The van der Waals surface area contributed by atoms with Gasteiger partial charge in [0.15, 0.2) is 0 Å². The molecule has 2 N–H and O–H groups in total. The lowest BCUT2D eigenvalue weighted by atomic mass is 10.1. The van der Waals surface area contributed by atoms with E-state index in [2.05, 4.69) is 43.5 Å². The Morgan fingerprint density at radius 1 is 1.11 bits per heavy atom. The second-order valence-electron chi connectivity index (χ2n) is 5.11. The minimum atomic E-state index is 0.0546. The molecule has 1 unspecified atom stereocenters. The second kappa shape index (κ2) is 7.17. The zero-order valence-corrected chi connectivity index (χ0v) is 11.7. The SMILES string of the molecule is CC(C)C(C)NC(=O)CN[C@@H](C)c1ccccc1. The van der Waals surface area contributed by atoms with Crippen LogP contribution < -0.4 is 10.6 Å². The van der Waals surface area contributed by atoms with Gasteiger partial charge in [-0.15, -0.1) is 0 Å². The molecule has 0 aliphatic rings. The van der Waals surface area contributed by atoms with Crippen molar-refractivity contribution in [3.05, 3.63) is 35.9 Å². The van der Waals surface area contributed by atoms with Crippen LogP contribution in [0.1, 0.15) is 39.3 Å². The van der Waals surface area contributed by atoms with Crippen molar-refractivity contribution in [1.82, 2.24) is 10.6 Å². The number of rotatable bonds is 6. The predicted molar refractivity (Wildman–Crippen MR) is 75.3 cm³/mol. The molecule has 0 heterocycles. The van der Waals surface area contributed by atoms with Crippen LogP contribution in [-0.2, 0) is 4.79 Å². The summed E-state index contributed by atoms with van der Waals surface area (Å²) < 4.78 is 0. The third kappa shape index (κ3) is 4.88. The van der Waals surface area contributed by atoms with Crippen molar-refractivity contribution in [1.29, 1.82) is 0 Å². The first kappa shape index (κ1) is 14.7. The number of amides is 1. The van der Waals surface area contributed by atoms with E-state index in [-0.39, 0.29) is 18.0 Å². The van der Waals surface area contributed by atoms with Gasteiger partial charge in [-0.2, -0.15) is 0 Å². The van der Waals surface area contributed by atoms with Gasteiger partial charge in [-0.25, -0.2) is 0 Å². The first-order valence-electron chi connectivity index (χ1n) is 6.58. The van der Waals surface area contributed by atoms with Gasteiger partial charge in [-0.05, 0) is 25.3 Å². The Morgan fingerprint density at radius 2 is 1.72 bits per heavy atom. The smallest absolute Gasteiger partial charge is 0.234 e. The van der Waals surface area contributed by atoms with Gasteiger partial charge in [0.2, 0.25) is 5.91 Å². The molecule has 0 saturated carbocycles. The normalized spacial score (nSPS) is 14.3. The Bertz CT molecular complexity index is 362. The Labute approximate surface area is 110 Å². The van der Waals surface area contributed by atoms with Crippen molar-refractivity contribution in [2.45, 2.75) is 39.8 Å². The molecule has 1 amide bonds. The van der Waals surface area contributed by atoms with Gasteiger partial charge in [0, 0.05) is 12.1 Å². The lowest BCUT2D eigenvalue weighted by Crippen LogP contribution is -2.41. The van der Waals surface area contributed by atoms with Crippen LogP contribution in [0.2, 0.25) is 0 Å². The zero-order valence-electron chi connectivity index (χ0n) is 11.7. The molecule has 3 heteroatoms. The highest BCUT2D eigenvalue weighted by molar-refractivity contribution is 5.78. The van der Waals surface area contributed by atoms with E-state index in [1.165, 1.54) is 5.56 Å². The molecule has 0 saturated heterocycles. The number of benzene rings is 1. The standard InChI is InChI=1S/C15H24N2O/c1-11(2)12(3)17-15(18)10-16-13(4)14-8-6-5-7-9-14/h5-9,11-13,16H,10H2,1-4H3,(H,17,18)/t12?,13-/m0/s1. The van der Waals surface area contributed by atoms with Crippen molar-refractivity contribution < 1.29 is 4.79 Å². The Balaban J connectivity index is 2.35. The Morgan fingerprint density at radius 3 is 2.28 bits per heavy atom. The highest BCUT2D eigenvalue weighted by atomic mass is 16.1. The van der Waals surface area contributed by atoms with Crippen LogP contribution in [0.5, 0.6) is 0 Å². The Hall–Kier alpha value is -1.35. The minimum Gasteiger partial charge on any atom is -0.352 e. The topological polar surface area (TPSA) is 41.1 Å². The van der Waals surface area contributed by atoms with Crippen molar-refractivity contribution in [2.24, 2.45) is 5.92 Å². The largest absolute Gasteiger partial charge is 0.352 e. The molecule has 0 fully saturated rings. The maximum absolute atomic E-state index is 11.7. The molecule has 3 nitrogen and oxygen atoms in total. The second-order valence-corrected chi connectivity index (χ2v) is 5.11. The van der Waals surface area contributed by atoms with Gasteiger partial charge in [0.25, 0.3) is 0 Å². The summed E-state index contributed by atoms with van der Waals surface area (Å²) in [5.41, 5.74) is 1.20. The lowest BCUT2D eigenvalue weighted by Gasteiger charge is -2.19. The van der Waals surface area contributed by atoms with Crippen LogP contribution in [0, 0.1) is 5.92 Å². The molecular weight excluding hydrogens is 224 g/mol. The van der Waals surface area contributed by atoms with Crippen LogP contribution in [0.15, 0.2) is 30.3 Å². The van der Waals surface area contributed by atoms with E-state index in [0.717, 1.165) is 0 Å². The van der Waals surface area contributed by atoms with Crippen molar-refractivity contribution >= 4 is 5.91 Å². The first-order valence-corrected chi connectivity index (χ1v) is 6.58. The monoisotopic (exact) mass is 248 g/mol. The number of nitrogens with one attached hydrogen (secondary N) is 2. The van der Waals surface area contributed by atoms with E-state index in [0.29, 0.717) is 12.5 Å². The number of hydrogen-bond acceptors (Lipinski definition) is 2. The molecule has 0 aliphatic carbocycles. The van der Waals surface area contributed by atoms with Crippen molar-refractivity contribution in [3.63, 3.8) is 0 Å².